The summed E-state index contributed by atoms with van der Waals surface area (Å²) in [5.41, 5.74) is 2.86. The first-order valence-corrected chi connectivity index (χ1v) is 8.51. The molecule has 0 fully saturated rings. The van der Waals surface area contributed by atoms with Gasteiger partial charge in [-0.25, -0.2) is 9.98 Å². The van der Waals surface area contributed by atoms with Gasteiger partial charge in [0.05, 0.1) is 28.9 Å². The highest BCUT2D eigenvalue weighted by Gasteiger charge is 2.01. The third-order valence-electron chi connectivity index (χ3n) is 3.19. The van der Waals surface area contributed by atoms with E-state index in [0.717, 1.165) is 41.7 Å². The minimum atomic E-state index is 0. The highest BCUT2D eigenvalue weighted by atomic mass is 127. The third-order valence-corrected chi connectivity index (χ3v) is 4.01. The van der Waals surface area contributed by atoms with Crippen LogP contribution in [0.5, 0.6) is 0 Å². The Morgan fingerprint density at radius 1 is 1.29 bits per heavy atom. The van der Waals surface area contributed by atoms with Crippen molar-refractivity contribution in [3.63, 3.8) is 0 Å². The summed E-state index contributed by atoms with van der Waals surface area (Å²) in [7, 11) is 0. The van der Waals surface area contributed by atoms with Crippen LogP contribution in [0.3, 0.4) is 0 Å². The lowest BCUT2D eigenvalue weighted by atomic mass is 10.1. The minimum absolute atomic E-state index is 0. The quantitative estimate of drug-likeness (QED) is 0.399. The summed E-state index contributed by atoms with van der Waals surface area (Å²) >= 11 is 1.68. The standard InChI is InChI=1S/C17H21N5S.HI/c1-3-19-17(20-9-8-16-12-23-13(2)22-16)21-11-15-6-4-14(10-18)5-7-15;/h4-7,12H,3,8-9,11H2,1-2H3,(H2,19,20,21);1H. The number of guanidine groups is 1. The molecule has 0 saturated carbocycles. The lowest BCUT2D eigenvalue weighted by Crippen LogP contribution is -2.38. The first-order valence-electron chi connectivity index (χ1n) is 7.63. The molecule has 2 rings (SSSR count). The van der Waals surface area contributed by atoms with Crippen LogP contribution >= 0.6 is 35.3 Å². The smallest absolute Gasteiger partial charge is 0.191 e. The lowest BCUT2D eigenvalue weighted by Gasteiger charge is -2.10. The van der Waals surface area contributed by atoms with Gasteiger partial charge >= 0.3 is 0 Å². The molecule has 0 saturated heterocycles. The maximum atomic E-state index is 8.81. The van der Waals surface area contributed by atoms with Gasteiger partial charge in [0, 0.05) is 24.9 Å². The van der Waals surface area contributed by atoms with Crippen LogP contribution in [0.1, 0.15) is 28.8 Å². The second kappa shape index (κ2) is 11.0. The number of hydrogen-bond acceptors (Lipinski definition) is 4. The molecule has 128 valence electrons. The zero-order valence-corrected chi connectivity index (χ0v) is 17.0. The van der Waals surface area contributed by atoms with Gasteiger partial charge in [-0.2, -0.15) is 5.26 Å². The summed E-state index contributed by atoms with van der Waals surface area (Å²) in [6, 6.07) is 9.62. The molecule has 0 bridgehead atoms. The normalized spacial score (nSPS) is 10.6. The number of nitrogens with zero attached hydrogens (tertiary/aromatic N) is 3. The number of hydrogen-bond donors (Lipinski definition) is 2. The second-order valence-corrected chi connectivity index (χ2v) is 6.10. The van der Waals surface area contributed by atoms with E-state index in [2.05, 4.69) is 32.1 Å². The van der Waals surface area contributed by atoms with Gasteiger partial charge in [0.2, 0.25) is 0 Å². The maximum Gasteiger partial charge on any atom is 0.191 e. The Morgan fingerprint density at radius 3 is 2.62 bits per heavy atom. The van der Waals surface area contributed by atoms with E-state index in [0.29, 0.717) is 12.1 Å². The molecule has 2 N–H and O–H groups in total. The fraction of sp³-hybridized carbons (Fsp3) is 0.353. The molecule has 1 aromatic carbocycles. The van der Waals surface area contributed by atoms with Gasteiger partial charge < -0.3 is 10.6 Å². The summed E-state index contributed by atoms with van der Waals surface area (Å²) in [6.45, 7) is 6.25. The van der Waals surface area contributed by atoms with E-state index < -0.39 is 0 Å². The van der Waals surface area contributed by atoms with Crippen molar-refractivity contribution in [3.05, 3.63) is 51.5 Å². The zero-order valence-electron chi connectivity index (χ0n) is 13.9. The number of nitrogens with one attached hydrogen (secondary N) is 2. The number of aryl methyl sites for hydroxylation is 1. The summed E-state index contributed by atoms with van der Waals surface area (Å²) in [4.78, 5) is 9.02. The van der Waals surface area contributed by atoms with Gasteiger partial charge in [-0.05, 0) is 31.5 Å². The Balaban J connectivity index is 0.00000288. The van der Waals surface area contributed by atoms with Crippen LogP contribution in [0.25, 0.3) is 0 Å². The summed E-state index contributed by atoms with van der Waals surface area (Å²) in [6.07, 6.45) is 0.881. The molecule has 1 heterocycles. The first kappa shape index (κ1) is 20.4. The maximum absolute atomic E-state index is 8.81. The fourth-order valence-corrected chi connectivity index (χ4v) is 2.68. The average Bonchev–Trinajstić information content (AvgIpc) is 2.98. The van der Waals surface area contributed by atoms with Crippen LogP contribution in [-0.2, 0) is 13.0 Å². The predicted octanol–water partition coefficient (Wildman–Crippen LogP) is 3.24. The molecular formula is C17H22IN5S. The van der Waals surface area contributed by atoms with Crippen molar-refractivity contribution in [2.24, 2.45) is 4.99 Å². The zero-order chi connectivity index (χ0) is 16.5. The number of aromatic nitrogens is 1. The summed E-state index contributed by atoms with van der Waals surface area (Å²) in [5.74, 6) is 0.795. The van der Waals surface area contributed by atoms with E-state index in [4.69, 9.17) is 5.26 Å². The van der Waals surface area contributed by atoms with Crippen LogP contribution in [0.15, 0.2) is 34.6 Å². The first-order chi connectivity index (χ1) is 11.2. The van der Waals surface area contributed by atoms with E-state index in [9.17, 15) is 0 Å². The number of halogens is 1. The monoisotopic (exact) mass is 455 g/mol. The molecular weight excluding hydrogens is 433 g/mol. The molecule has 0 unspecified atom stereocenters. The molecule has 24 heavy (non-hydrogen) atoms. The minimum Gasteiger partial charge on any atom is -0.357 e. The fourth-order valence-electron chi connectivity index (χ4n) is 2.03. The van der Waals surface area contributed by atoms with Gasteiger partial charge in [0.25, 0.3) is 0 Å². The number of nitriles is 1. The predicted molar refractivity (Wildman–Crippen MR) is 110 cm³/mol. The van der Waals surface area contributed by atoms with Crippen molar-refractivity contribution in [1.29, 1.82) is 5.26 Å². The number of aliphatic imine (C=N–C) groups is 1. The Bertz CT molecular complexity index is 688. The van der Waals surface area contributed by atoms with E-state index >= 15 is 0 Å². The lowest BCUT2D eigenvalue weighted by molar-refractivity contribution is 0.790. The van der Waals surface area contributed by atoms with Crippen molar-refractivity contribution >= 4 is 41.3 Å². The van der Waals surface area contributed by atoms with Crippen LogP contribution in [0, 0.1) is 18.3 Å². The molecule has 0 atom stereocenters. The molecule has 0 aliphatic rings. The highest BCUT2D eigenvalue weighted by molar-refractivity contribution is 14.0. The van der Waals surface area contributed by atoms with Crippen molar-refractivity contribution in [2.45, 2.75) is 26.8 Å². The molecule has 7 heteroatoms. The summed E-state index contributed by atoms with van der Waals surface area (Å²) in [5, 5.41) is 18.6. The van der Waals surface area contributed by atoms with Gasteiger partial charge in [-0.3, -0.25) is 0 Å². The third kappa shape index (κ3) is 6.84. The van der Waals surface area contributed by atoms with Crippen LogP contribution in [-0.4, -0.2) is 24.0 Å². The largest absolute Gasteiger partial charge is 0.357 e. The summed E-state index contributed by atoms with van der Waals surface area (Å²) < 4.78 is 0. The van der Waals surface area contributed by atoms with Gasteiger partial charge in [-0.1, -0.05) is 12.1 Å². The van der Waals surface area contributed by atoms with E-state index in [1.54, 1.807) is 11.3 Å². The van der Waals surface area contributed by atoms with E-state index in [1.807, 2.05) is 38.1 Å². The van der Waals surface area contributed by atoms with Crippen molar-refractivity contribution in [2.75, 3.05) is 13.1 Å². The molecule has 2 aromatic rings. The molecule has 0 spiro atoms. The van der Waals surface area contributed by atoms with E-state index in [1.165, 1.54) is 0 Å². The van der Waals surface area contributed by atoms with Gasteiger partial charge in [0.1, 0.15) is 0 Å². The van der Waals surface area contributed by atoms with Crippen LogP contribution < -0.4 is 10.6 Å². The number of rotatable bonds is 6. The van der Waals surface area contributed by atoms with Crippen LogP contribution in [0.2, 0.25) is 0 Å². The topological polar surface area (TPSA) is 73.1 Å². The Labute approximate surface area is 164 Å². The Morgan fingerprint density at radius 2 is 2.04 bits per heavy atom. The molecule has 0 aliphatic carbocycles. The molecule has 1 aromatic heterocycles. The van der Waals surface area contributed by atoms with Crippen molar-refractivity contribution in [3.8, 4) is 6.07 Å². The van der Waals surface area contributed by atoms with Crippen molar-refractivity contribution in [1.82, 2.24) is 15.6 Å². The van der Waals surface area contributed by atoms with E-state index in [-0.39, 0.29) is 24.0 Å². The van der Waals surface area contributed by atoms with Gasteiger partial charge in [-0.15, -0.1) is 35.3 Å². The number of thiazole rings is 1. The Hall–Kier alpha value is -1.66. The average molecular weight is 455 g/mol. The highest BCUT2D eigenvalue weighted by Crippen LogP contribution is 2.08. The molecule has 5 nitrogen and oxygen atoms in total. The van der Waals surface area contributed by atoms with Crippen molar-refractivity contribution < 1.29 is 0 Å². The Kier molecular flexibility index (Phi) is 9.34. The molecule has 0 radical (unpaired) electrons. The second-order valence-electron chi connectivity index (χ2n) is 5.04. The molecule has 0 amide bonds. The molecule has 0 aliphatic heterocycles. The van der Waals surface area contributed by atoms with Crippen LogP contribution in [0.4, 0.5) is 0 Å². The number of benzene rings is 1. The van der Waals surface area contributed by atoms with Gasteiger partial charge in [0.15, 0.2) is 5.96 Å². The SMILES string of the molecule is CCNC(=NCc1ccc(C#N)cc1)NCCc1csc(C)n1.I.